The molecule has 7 nitrogen and oxygen atoms in total. The van der Waals surface area contributed by atoms with Crippen molar-refractivity contribution in [2.45, 2.75) is 77.3 Å². The van der Waals surface area contributed by atoms with E-state index in [0.29, 0.717) is 25.1 Å². The zero-order valence-corrected chi connectivity index (χ0v) is 23.2. The molecule has 202 valence electrons. The fraction of sp³-hybridized carbons (Fsp3) is 0.517. The zero-order chi connectivity index (χ0) is 26.8. The van der Waals surface area contributed by atoms with E-state index >= 15 is 0 Å². The molecule has 0 aromatic heterocycles. The molecule has 3 rings (SSSR count). The van der Waals surface area contributed by atoms with Crippen molar-refractivity contribution in [3.63, 3.8) is 0 Å². The van der Waals surface area contributed by atoms with E-state index in [9.17, 15) is 18.0 Å². The lowest BCUT2D eigenvalue weighted by atomic mass is 9.95. The fourth-order valence-electron chi connectivity index (χ4n) is 4.96. The van der Waals surface area contributed by atoms with Crippen LogP contribution in [-0.2, 0) is 26.0 Å². The summed E-state index contributed by atoms with van der Waals surface area (Å²) in [5.41, 5.74) is 2.58. The van der Waals surface area contributed by atoms with Crippen molar-refractivity contribution < 1.29 is 18.0 Å². The largest absolute Gasteiger partial charge is 0.352 e. The number of amides is 2. The molecule has 37 heavy (non-hydrogen) atoms. The Bertz CT molecular complexity index is 1130. The van der Waals surface area contributed by atoms with Gasteiger partial charge in [0.25, 0.3) is 0 Å². The maximum atomic E-state index is 13.4. The van der Waals surface area contributed by atoms with E-state index in [1.54, 1.807) is 17.9 Å². The number of benzene rings is 2. The Kier molecular flexibility index (Phi) is 10.6. The molecule has 1 N–H and O–H groups in total. The van der Waals surface area contributed by atoms with Crippen LogP contribution in [0, 0.1) is 6.92 Å². The van der Waals surface area contributed by atoms with Gasteiger partial charge < -0.3 is 10.2 Å². The van der Waals surface area contributed by atoms with Crippen LogP contribution in [-0.4, -0.2) is 56.6 Å². The van der Waals surface area contributed by atoms with Crippen LogP contribution in [0.1, 0.15) is 63.0 Å². The lowest BCUT2D eigenvalue weighted by Gasteiger charge is -2.31. The molecule has 0 aliphatic heterocycles. The van der Waals surface area contributed by atoms with Gasteiger partial charge in [-0.05, 0) is 56.7 Å². The number of carbonyl (C=O) groups excluding carboxylic acids is 2. The van der Waals surface area contributed by atoms with E-state index in [1.165, 1.54) is 17.0 Å². The average Bonchev–Trinajstić information content (AvgIpc) is 2.88. The Morgan fingerprint density at radius 2 is 1.62 bits per heavy atom. The van der Waals surface area contributed by atoms with Gasteiger partial charge in [-0.25, -0.2) is 8.42 Å². The molecule has 1 saturated carbocycles. The maximum absolute atomic E-state index is 13.4. The molecule has 2 aromatic carbocycles. The van der Waals surface area contributed by atoms with Gasteiger partial charge in [-0.15, -0.1) is 0 Å². The van der Waals surface area contributed by atoms with Crippen LogP contribution >= 0.6 is 0 Å². The molecule has 1 fully saturated rings. The van der Waals surface area contributed by atoms with Crippen LogP contribution in [0.2, 0.25) is 0 Å². The minimum atomic E-state index is -3.51. The number of carbonyl (C=O) groups is 2. The minimum absolute atomic E-state index is 0.119. The van der Waals surface area contributed by atoms with Gasteiger partial charge in [0.1, 0.15) is 6.04 Å². The molecular weight excluding hydrogens is 486 g/mol. The molecule has 0 heterocycles. The predicted octanol–water partition coefficient (Wildman–Crippen LogP) is 4.45. The normalized spacial score (nSPS) is 15.1. The third kappa shape index (κ3) is 8.59. The van der Waals surface area contributed by atoms with Gasteiger partial charge in [-0.2, -0.15) is 0 Å². The van der Waals surface area contributed by atoms with Gasteiger partial charge in [0, 0.05) is 25.6 Å². The Labute approximate surface area is 222 Å². The Balaban J connectivity index is 1.67. The highest BCUT2D eigenvalue weighted by molar-refractivity contribution is 7.92. The molecule has 0 unspecified atom stereocenters. The zero-order valence-electron chi connectivity index (χ0n) is 22.4. The summed E-state index contributed by atoms with van der Waals surface area (Å²) in [6, 6.07) is 16.8. The summed E-state index contributed by atoms with van der Waals surface area (Å²) in [6.45, 7) is 4.29. The number of para-hydroxylation sites is 1. The lowest BCUT2D eigenvalue weighted by Crippen LogP contribution is -2.51. The van der Waals surface area contributed by atoms with Crippen LogP contribution < -0.4 is 9.62 Å². The highest BCUT2D eigenvalue weighted by Crippen LogP contribution is 2.23. The van der Waals surface area contributed by atoms with Crippen LogP contribution in [0.25, 0.3) is 0 Å². The maximum Gasteiger partial charge on any atom is 0.242 e. The molecule has 2 aromatic rings. The third-order valence-electron chi connectivity index (χ3n) is 7.14. The van der Waals surface area contributed by atoms with Crippen molar-refractivity contribution in [2.75, 3.05) is 23.7 Å². The van der Waals surface area contributed by atoms with Gasteiger partial charge in [0.15, 0.2) is 0 Å². The first-order valence-electron chi connectivity index (χ1n) is 13.3. The molecule has 2 amide bonds. The SMILES string of the molecule is Cc1ccccc1N(CCCC(=O)N(CCc1ccccc1)[C@H](C)C(=O)NC1CCCCC1)S(C)(=O)=O. The van der Waals surface area contributed by atoms with Gasteiger partial charge >= 0.3 is 0 Å². The van der Waals surface area contributed by atoms with Crippen molar-refractivity contribution in [3.05, 3.63) is 65.7 Å². The second-order valence-corrected chi connectivity index (χ2v) is 12.0. The van der Waals surface area contributed by atoms with E-state index in [1.807, 2.05) is 55.5 Å². The molecular formula is C29H41N3O4S. The van der Waals surface area contributed by atoms with Crippen LogP contribution in [0.3, 0.4) is 0 Å². The van der Waals surface area contributed by atoms with Crippen molar-refractivity contribution in [3.8, 4) is 0 Å². The van der Waals surface area contributed by atoms with E-state index in [-0.39, 0.29) is 30.8 Å². The molecule has 8 heteroatoms. The summed E-state index contributed by atoms with van der Waals surface area (Å²) in [5, 5.41) is 3.15. The number of anilines is 1. The number of sulfonamides is 1. The number of hydrogen-bond acceptors (Lipinski definition) is 4. The molecule has 0 spiro atoms. The van der Waals surface area contributed by atoms with Gasteiger partial charge in [0.05, 0.1) is 11.9 Å². The van der Waals surface area contributed by atoms with E-state index < -0.39 is 16.1 Å². The summed E-state index contributed by atoms with van der Waals surface area (Å²) in [7, 11) is -3.51. The molecule has 0 radical (unpaired) electrons. The molecule has 1 aliphatic rings. The van der Waals surface area contributed by atoms with E-state index in [0.717, 1.165) is 36.8 Å². The van der Waals surface area contributed by atoms with Gasteiger partial charge in [0.2, 0.25) is 21.8 Å². The van der Waals surface area contributed by atoms with Crippen molar-refractivity contribution in [1.82, 2.24) is 10.2 Å². The van der Waals surface area contributed by atoms with Crippen LogP contribution in [0.4, 0.5) is 5.69 Å². The quantitative estimate of drug-likeness (QED) is 0.442. The lowest BCUT2D eigenvalue weighted by molar-refractivity contribution is -0.140. The summed E-state index contributed by atoms with van der Waals surface area (Å²) in [4.78, 5) is 28.2. The first kappa shape index (κ1) is 28.7. The first-order valence-corrected chi connectivity index (χ1v) is 15.2. The molecule has 0 saturated heterocycles. The monoisotopic (exact) mass is 527 g/mol. The van der Waals surface area contributed by atoms with E-state index in [2.05, 4.69) is 5.32 Å². The topological polar surface area (TPSA) is 86.8 Å². The average molecular weight is 528 g/mol. The minimum Gasteiger partial charge on any atom is -0.352 e. The number of hydrogen-bond donors (Lipinski definition) is 1. The number of rotatable bonds is 12. The molecule has 1 aliphatic carbocycles. The van der Waals surface area contributed by atoms with E-state index in [4.69, 9.17) is 0 Å². The molecule has 0 bridgehead atoms. The predicted molar refractivity (Wildman–Crippen MR) is 149 cm³/mol. The second-order valence-electron chi connectivity index (χ2n) is 10.1. The Morgan fingerprint density at radius 1 is 0.973 bits per heavy atom. The van der Waals surface area contributed by atoms with Gasteiger partial charge in [-0.3, -0.25) is 13.9 Å². The number of nitrogens with one attached hydrogen (secondary N) is 1. The smallest absolute Gasteiger partial charge is 0.242 e. The summed E-state index contributed by atoms with van der Waals surface area (Å²) in [6.07, 6.45) is 7.76. The fourth-order valence-corrected chi connectivity index (χ4v) is 5.99. The second kappa shape index (κ2) is 13.6. The standard InChI is InChI=1S/C29H41N3O4S/c1-23-13-10-11-18-27(23)32(37(3,35)36)21-12-19-28(33)31(22-20-25-14-6-4-7-15-25)24(2)29(34)30-26-16-8-5-9-17-26/h4,6-7,10-11,13-15,18,24,26H,5,8-9,12,16-17,19-22H2,1-3H3,(H,30,34)/t24-/m1/s1. The summed E-state index contributed by atoms with van der Waals surface area (Å²) < 4.78 is 26.4. The highest BCUT2D eigenvalue weighted by Gasteiger charge is 2.28. The molecule has 1 atom stereocenters. The number of nitrogens with zero attached hydrogens (tertiary/aromatic N) is 2. The van der Waals surface area contributed by atoms with Gasteiger partial charge in [-0.1, -0.05) is 67.8 Å². The Hall–Kier alpha value is -2.87. The number of aryl methyl sites for hydroxylation is 1. The summed E-state index contributed by atoms with van der Waals surface area (Å²) in [5.74, 6) is -0.258. The first-order chi connectivity index (χ1) is 17.7. The Morgan fingerprint density at radius 3 is 2.27 bits per heavy atom. The van der Waals surface area contributed by atoms with Crippen molar-refractivity contribution in [1.29, 1.82) is 0 Å². The highest BCUT2D eigenvalue weighted by atomic mass is 32.2. The van der Waals surface area contributed by atoms with Crippen molar-refractivity contribution in [2.24, 2.45) is 0 Å². The summed E-state index contributed by atoms with van der Waals surface area (Å²) >= 11 is 0. The van der Waals surface area contributed by atoms with Crippen molar-refractivity contribution >= 4 is 27.5 Å². The van der Waals surface area contributed by atoms with Crippen LogP contribution in [0.15, 0.2) is 54.6 Å². The third-order valence-corrected chi connectivity index (χ3v) is 8.32. The van der Waals surface area contributed by atoms with Crippen LogP contribution in [0.5, 0.6) is 0 Å².